The smallest absolute Gasteiger partial charge is 0.125 e. The van der Waals surface area contributed by atoms with Crippen LogP contribution in [0.5, 0.6) is 5.75 Å². The molecule has 1 fully saturated rings. The van der Waals surface area contributed by atoms with Crippen LogP contribution in [0.1, 0.15) is 36.5 Å². The Labute approximate surface area is 186 Å². The van der Waals surface area contributed by atoms with Crippen molar-refractivity contribution in [3.05, 3.63) is 64.2 Å². The quantitative estimate of drug-likeness (QED) is 0.531. The van der Waals surface area contributed by atoms with Crippen LogP contribution in [0.2, 0.25) is 0 Å². The van der Waals surface area contributed by atoms with E-state index in [9.17, 15) is 4.91 Å². The molecule has 2 aromatic carbocycles. The SMILES string of the molecule is CCS1(N=O)CCC(Oc2cc(-c3ccc(CC#N)cc3)cc3c2CN(C)C=C3)CC1. The molecule has 0 saturated carbocycles. The largest absolute Gasteiger partial charge is 0.490 e. The van der Waals surface area contributed by atoms with Gasteiger partial charge in [0.2, 0.25) is 0 Å². The summed E-state index contributed by atoms with van der Waals surface area (Å²) in [6.07, 6.45) is 6.57. The van der Waals surface area contributed by atoms with Gasteiger partial charge in [-0.2, -0.15) is 5.26 Å². The van der Waals surface area contributed by atoms with Crippen molar-refractivity contribution in [1.82, 2.24) is 4.90 Å². The molecule has 4 rings (SSSR count). The van der Waals surface area contributed by atoms with Crippen LogP contribution in [0.3, 0.4) is 0 Å². The zero-order valence-corrected chi connectivity index (χ0v) is 19.0. The van der Waals surface area contributed by atoms with Gasteiger partial charge in [0.15, 0.2) is 0 Å². The molecule has 2 aliphatic rings. The molecule has 0 atom stereocenters. The summed E-state index contributed by atoms with van der Waals surface area (Å²) in [4.78, 5) is 13.5. The van der Waals surface area contributed by atoms with E-state index in [2.05, 4.69) is 66.1 Å². The Morgan fingerprint density at radius 3 is 2.58 bits per heavy atom. The molecule has 0 aromatic heterocycles. The highest BCUT2D eigenvalue weighted by atomic mass is 32.3. The number of hydrogen-bond donors (Lipinski definition) is 0. The highest BCUT2D eigenvalue weighted by molar-refractivity contribution is 8.32. The number of hydrogen-bond acceptors (Lipinski definition) is 5. The third kappa shape index (κ3) is 4.62. The molecular weight excluding hydrogens is 406 g/mol. The first-order valence-electron chi connectivity index (χ1n) is 10.8. The Hall–Kier alpha value is -2.78. The van der Waals surface area contributed by atoms with Gasteiger partial charge in [-0.15, -0.1) is 15.1 Å². The lowest BCUT2D eigenvalue weighted by atomic mass is 9.95. The molecule has 6 heteroatoms. The second-order valence-electron chi connectivity index (χ2n) is 8.39. The van der Waals surface area contributed by atoms with Gasteiger partial charge in [-0.1, -0.05) is 31.2 Å². The fraction of sp³-hybridized carbons (Fsp3) is 0.400. The van der Waals surface area contributed by atoms with E-state index in [0.717, 1.165) is 59.1 Å². The summed E-state index contributed by atoms with van der Waals surface area (Å²) in [6, 6.07) is 14.8. The molecule has 0 radical (unpaired) electrons. The van der Waals surface area contributed by atoms with Crippen LogP contribution in [0.15, 0.2) is 47.2 Å². The number of fused-ring (bicyclic) bond motifs is 1. The molecule has 0 spiro atoms. The normalized spacial score (nSPS) is 24.5. The minimum atomic E-state index is -1.34. The van der Waals surface area contributed by atoms with Crippen LogP contribution in [0, 0.1) is 16.2 Å². The van der Waals surface area contributed by atoms with Gasteiger partial charge in [-0.25, -0.2) is 0 Å². The first-order valence-corrected chi connectivity index (χ1v) is 12.9. The van der Waals surface area contributed by atoms with Gasteiger partial charge in [-0.05, 0) is 69.8 Å². The van der Waals surface area contributed by atoms with Crippen LogP contribution in [-0.4, -0.2) is 35.3 Å². The number of ether oxygens (including phenoxy) is 1. The molecule has 0 aliphatic carbocycles. The van der Waals surface area contributed by atoms with Crippen LogP contribution < -0.4 is 4.74 Å². The Balaban J connectivity index is 1.62. The molecule has 162 valence electrons. The topological polar surface area (TPSA) is 65.7 Å². The lowest BCUT2D eigenvalue weighted by molar-refractivity contribution is 0.188. The maximum atomic E-state index is 11.4. The van der Waals surface area contributed by atoms with Crippen molar-refractivity contribution in [3.8, 4) is 22.9 Å². The highest BCUT2D eigenvalue weighted by Crippen LogP contribution is 2.53. The monoisotopic (exact) mass is 435 g/mol. The Kier molecular flexibility index (Phi) is 6.33. The summed E-state index contributed by atoms with van der Waals surface area (Å²) >= 11 is 0. The molecule has 0 unspecified atom stereocenters. The second kappa shape index (κ2) is 9.15. The maximum absolute atomic E-state index is 11.4. The molecule has 31 heavy (non-hydrogen) atoms. The average molecular weight is 436 g/mol. The van der Waals surface area contributed by atoms with Crippen LogP contribution >= 0.6 is 10.2 Å². The minimum Gasteiger partial charge on any atom is -0.490 e. The van der Waals surface area contributed by atoms with Crippen LogP contribution in [0.25, 0.3) is 17.2 Å². The van der Waals surface area contributed by atoms with Crippen molar-refractivity contribution < 1.29 is 4.74 Å². The summed E-state index contributed by atoms with van der Waals surface area (Å²) in [5.41, 5.74) is 5.65. The highest BCUT2D eigenvalue weighted by Gasteiger charge is 2.32. The maximum Gasteiger partial charge on any atom is 0.125 e. The summed E-state index contributed by atoms with van der Waals surface area (Å²) in [6.45, 7) is 2.90. The summed E-state index contributed by atoms with van der Waals surface area (Å²) in [5, 5.41) is 8.92. The van der Waals surface area contributed by atoms with E-state index < -0.39 is 10.2 Å². The molecular formula is C25H29N3O2S. The zero-order chi connectivity index (χ0) is 21.8. The third-order valence-electron chi connectivity index (χ3n) is 6.36. The predicted molar refractivity (Wildman–Crippen MR) is 129 cm³/mol. The van der Waals surface area contributed by atoms with Gasteiger partial charge in [0.05, 0.1) is 12.5 Å². The molecule has 0 N–H and O–H groups in total. The lowest BCUT2D eigenvalue weighted by Crippen LogP contribution is -2.29. The van der Waals surface area contributed by atoms with Crippen LogP contribution in [-0.2, 0) is 13.0 Å². The Morgan fingerprint density at radius 2 is 1.94 bits per heavy atom. The van der Waals surface area contributed by atoms with E-state index in [4.69, 9.17) is 10.00 Å². The van der Waals surface area contributed by atoms with Crippen LogP contribution in [0.4, 0.5) is 0 Å². The van der Waals surface area contributed by atoms with Gasteiger partial charge >= 0.3 is 0 Å². The van der Waals surface area contributed by atoms with Crippen molar-refractivity contribution in [2.75, 3.05) is 24.3 Å². The molecule has 2 heterocycles. The molecule has 1 saturated heterocycles. The first-order chi connectivity index (χ1) is 15.1. The molecule has 2 aromatic rings. The standard InChI is InChI=1S/C25H29N3O2S/c1-3-31(27-29)14-10-23(11-15-31)30-25-17-22(16-21-9-13-28(2)18-24(21)25)20-6-4-19(5-7-20)8-12-26/h4-7,9,13,16-17,23H,3,8,10-11,14-15,18H2,1-2H3. The summed E-state index contributed by atoms with van der Waals surface area (Å²) in [5.74, 6) is 3.57. The molecule has 0 bridgehead atoms. The van der Waals surface area contributed by atoms with E-state index >= 15 is 0 Å². The second-order valence-corrected chi connectivity index (χ2v) is 11.9. The fourth-order valence-corrected chi connectivity index (χ4v) is 6.77. The van der Waals surface area contributed by atoms with Crippen molar-refractivity contribution >= 4 is 16.3 Å². The predicted octanol–water partition coefficient (Wildman–Crippen LogP) is 5.88. The van der Waals surface area contributed by atoms with Gasteiger partial charge in [-0.3, -0.25) is 0 Å². The summed E-state index contributed by atoms with van der Waals surface area (Å²) < 4.78 is 10.1. The van der Waals surface area contributed by atoms with Gasteiger partial charge in [0.25, 0.3) is 0 Å². The molecule has 0 amide bonds. The van der Waals surface area contributed by atoms with Crippen molar-refractivity contribution in [2.24, 2.45) is 4.58 Å². The van der Waals surface area contributed by atoms with E-state index in [0.29, 0.717) is 6.42 Å². The first kappa shape index (κ1) is 21.5. The fourth-order valence-electron chi connectivity index (χ4n) is 4.33. The van der Waals surface area contributed by atoms with Gasteiger partial charge in [0.1, 0.15) is 11.9 Å². The Bertz CT molecular complexity index is 1020. The van der Waals surface area contributed by atoms with Crippen molar-refractivity contribution in [3.63, 3.8) is 0 Å². The van der Waals surface area contributed by atoms with E-state index in [1.54, 1.807) is 0 Å². The third-order valence-corrected chi connectivity index (χ3v) is 9.74. The number of benzene rings is 2. The summed E-state index contributed by atoms with van der Waals surface area (Å²) in [7, 11) is 0.732. The van der Waals surface area contributed by atoms with E-state index in [1.807, 2.05) is 12.1 Å². The zero-order valence-electron chi connectivity index (χ0n) is 18.2. The van der Waals surface area contributed by atoms with Gasteiger partial charge < -0.3 is 9.64 Å². The number of nitriles is 1. The number of nitrogens with zero attached hydrogens (tertiary/aromatic N) is 3. The van der Waals surface area contributed by atoms with Gasteiger partial charge in [0, 0.05) is 30.7 Å². The lowest BCUT2D eigenvalue weighted by Gasteiger charge is -2.38. The van der Waals surface area contributed by atoms with Crippen molar-refractivity contribution in [1.29, 1.82) is 5.26 Å². The Morgan fingerprint density at radius 1 is 1.19 bits per heavy atom. The molecule has 2 aliphatic heterocycles. The van der Waals surface area contributed by atoms with E-state index in [-0.39, 0.29) is 6.10 Å². The van der Waals surface area contributed by atoms with E-state index in [1.165, 1.54) is 11.1 Å². The number of rotatable bonds is 6. The average Bonchev–Trinajstić information content (AvgIpc) is 2.81. The molecule has 5 nitrogen and oxygen atoms in total. The number of nitroso groups, excluding NO2 is 1. The minimum absolute atomic E-state index is 0.127. The van der Waals surface area contributed by atoms with Crippen molar-refractivity contribution in [2.45, 2.75) is 38.8 Å².